The summed E-state index contributed by atoms with van der Waals surface area (Å²) in [6, 6.07) is 0. The summed E-state index contributed by atoms with van der Waals surface area (Å²) in [6.45, 7) is 6.84. The molecule has 0 radical (unpaired) electrons. The quantitative estimate of drug-likeness (QED) is 0.746. The molecule has 0 saturated heterocycles. The van der Waals surface area contributed by atoms with Gasteiger partial charge in [-0.25, -0.2) is 8.78 Å². The largest absolute Gasteiger partial charge is 0.307 e. The van der Waals surface area contributed by atoms with Gasteiger partial charge in [0.05, 0.1) is 5.54 Å². The Morgan fingerprint density at radius 3 is 2.00 bits per heavy atom. The highest BCUT2D eigenvalue weighted by atomic mass is 19.3. The topological polar surface area (TPSA) is 12.0 Å². The first-order chi connectivity index (χ1) is 6.42. The first kappa shape index (κ1) is 11.9. The summed E-state index contributed by atoms with van der Waals surface area (Å²) >= 11 is 0. The molecule has 1 saturated carbocycles. The van der Waals surface area contributed by atoms with Crippen molar-refractivity contribution in [2.45, 2.75) is 58.4 Å². The number of rotatable bonds is 3. The summed E-state index contributed by atoms with van der Waals surface area (Å²) in [5.74, 6) is 0. The maximum absolute atomic E-state index is 13.0. The molecule has 1 aliphatic rings. The fourth-order valence-electron chi connectivity index (χ4n) is 2.20. The van der Waals surface area contributed by atoms with E-state index in [0.29, 0.717) is 19.4 Å². The Hall–Kier alpha value is -0.180. The molecule has 0 aromatic rings. The summed E-state index contributed by atoms with van der Waals surface area (Å²) in [4.78, 5) is 0. The molecule has 1 rings (SSSR count). The van der Waals surface area contributed by atoms with Gasteiger partial charge in [-0.05, 0) is 37.6 Å². The lowest BCUT2D eigenvalue weighted by Crippen LogP contribution is -2.54. The molecule has 3 heteroatoms. The number of hydrogen-bond acceptors (Lipinski definition) is 1. The van der Waals surface area contributed by atoms with Crippen molar-refractivity contribution in [3.05, 3.63) is 0 Å². The Kier molecular flexibility index (Phi) is 3.51. The Labute approximate surface area is 85.3 Å². The number of alkyl halides is 2. The van der Waals surface area contributed by atoms with Crippen LogP contribution < -0.4 is 5.32 Å². The highest BCUT2D eigenvalue weighted by Gasteiger charge is 2.44. The molecule has 0 heterocycles. The molecule has 1 N–H and O–H groups in total. The van der Waals surface area contributed by atoms with Crippen molar-refractivity contribution in [2.24, 2.45) is 5.41 Å². The van der Waals surface area contributed by atoms with Crippen LogP contribution >= 0.6 is 0 Å². The third kappa shape index (κ3) is 2.44. The van der Waals surface area contributed by atoms with Crippen molar-refractivity contribution in [2.75, 3.05) is 6.54 Å². The molecular formula is C11H21F2N. The van der Waals surface area contributed by atoms with Crippen molar-refractivity contribution in [3.63, 3.8) is 0 Å². The molecular weight excluding hydrogens is 184 g/mol. The van der Waals surface area contributed by atoms with E-state index in [1.807, 2.05) is 6.92 Å². The van der Waals surface area contributed by atoms with Gasteiger partial charge in [-0.1, -0.05) is 20.8 Å². The predicted octanol–water partition coefficient (Wildman–Crippen LogP) is 3.20. The second-order valence-corrected chi connectivity index (χ2v) is 5.15. The van der Waals surface area contributed by atoms with Crippen molar-refractivity contribution in [1.82, 2.24) is 5.32 Å². The lowest BCUT2D eigenvalue weighted by atomic mass is 9.69. The minimum atomic E-state index is -2.24. The first-order valence-corrected chi connectivity index (χ1v) is 5.45. The normalized spacial score (nSPS) is 25.3. The average Bonchev–Trinajstić information content (AvgIpc) is 2.09. The molecule has 0 atom stereocenters. The second kappa shape index (κ2) is 4.13. The Bertz CT molecular complexity index is 180. The highest BCUT2D eigenvalue weighted by molar-refractivity contribution is 4.97. The zero-order valence-electron chi connectivity index (χ0n) is 9.37. The van der Waals surface area contributed by atoms with Crippen molar-refractivity contribution < 1.29 is 8.78 Å². The summed E-state index contributed by atoms with van der Waals surface area (Å²) in [6.07, 6.45) is 0.754. The lowest BCUT2D eigenvalue weighted by molar-refractivity contribution is -0.0131. The third-order valence-electron chi connectivity index (χ3n) is 3.44. The van der Waals surface area contributed by atoms with Crippen LogP contribution in [0.1, 0.15) is 46.5 Å². The van der Waals surface area contributed by atoms with Gasteiger partial charge in [0, 0.05) is 0 Å². The summed E-state index contributed by atoms with van der Waals surface area (Å²) in [5, 5.41) is 2.99. The summed E-state index contributed by atoms with van der Waals surface area (Å²) in [5.41, 5.74) is -0.655. The van der Waals surface area contributed by atoms with E-state index in [-0.39, 0.29) is 5.41 Å². The lowest BCUT2D eigenvalue weighted by Gasteiger charge is -2.43. The molecule has 0 amide bonds. The third-order valence-corrected chi connectivity index (χ3v) is 3.44. The smallest absolute Gasteiger partial charge is 0.256 e. The van der Waals surface area contributed by atoms with Crippen LogP contribution in [0.4, 0.5) is 8.78 Å². The SMILES string of the molecule is CCNC1(C(F)F)CCC(C)(C)CC1. The van der Waals surface area contributed by atoms with Gasteiger partial charge < -0.3 is 5.32 Å². The Morgan fingerprint density at radius 1 is 1.14 bits per heavy atom. The fourth-order valence-corrected chi connectivity index (χ4v) is 2.20. The van der Waals surface area contributed by atoms with E-state index in [4.69, 9.17) is 0 Å². The molecule has 0 unspecified atom stereocenters. The van der Waals surface area contributed by atoms with Gasteiger partial charge in [-0.3, -0.25) is 0 Å². The first-order valence-electron chi connectivity index (χ1n) is 5.45. The molecule has 0 aliphatic heterocycles. The molecule has 0 bridgehead atoms. The van der Waals surface area contributed by atoms with Crippen LogP contribution in [0.25, 0.3) is 0 Å². The van der Waals surface area contributed by atoms with Gasteiger partial charge in [0.15, 0.2) is 0 Å². The molecule has 1 fully saturated rings. The van der Waals surface area contributed by atoms with Crippen molar-refractivity contribution in [1.29, 1.82) is 0 Å². The van der Waals surface area contributed by atoms with Crippen LogP contribution in [0.2, 0.25) is 0 Å². The minimum Gasteiger partial charge on any atom is -0.307 e. The van der Waals surface area contributed by atoms with Gasteiger partial charge in [0.1, 0.15) is 0 Å². The van der Waals surface area contributed by atoms with E-state index in [1.165, 1.54) is 0 Å². The summed E-state index contributed by atoms with van der Waals surface area (Å²) < 4.78 is 25.9. The standard InChI is InChI=1S/C11H21F2N/c1-4-14-11(9(12)13)7-5-10(2,3)6-8-11/h9,14H,4-8H2,1-3H3. The monoisotopic (exact) mass is 205 g/mol. The minimum absolute atomic E-state index is 0.244. The van der Waals surface area contributed by atoms with Crippen molar-refractivity contribution >= 4 is 0 Å². The molecule has 0 aromatic heterocycles. The van der Waals surface area contributed by atoms with E-state index in [9.17, 15) is 8.78 Å². The van der Waals surface area contributed by atoms with Crippen LogP contribution in [-0.2, 0) is 0 Å². The van der Waals surface area contributed by atoms with Crippen LogP contribution in [0.3, 0.4) is 0 Å². The van der Waals surface area contributed by atoms with E-state index in [2.05, 4.69) is 19.2 Å². The van der Waals surface area contributed by atoms with Gasteiger partial charge in [0.2, 0.25) is 0 Å². The van der Waals surface area contributed by atoms with Gasteiger partial charge in [-0.2, -0.15) is 0 Å². The molecule has 0 spiro atoms. The number of nitrogens with one attached hydrogen (secondary N) is 1. The zero-order chi connectivity index (χ0) is 10.8. The van der Waals surface area contributed by atoms with E-state index >= 15 is 0 Å². The van der Waals surface area contributed by atoms with Crippen LogP contribution in [-0.4, -0.2) is 18.5 Å². The highest BCUT2D eigenvalue weighted by Crippen LogP contribution is 2.42. The van der Waals surface area contributed by atoms with Crippen LogP contribution in [0, 0.1) is 5.41 Å². The molecule has 14 heavy (non-hydrogen) atoms. The van der Waals surface area contributed by atoms with Crippen molar-refractivity contribution in [3.8, 4) is 0 Å². The summed E-state index contributed by atoms with van der Waals surface area (Å²) in [7, 11) is 0. The fraction of sp³-hybridized carbons (Fsp3) is 1.00. The predicted molar refractivity (Wildman–Crippen MR) is 54.7 cm³/mol. The number of halogens is 2. The molecule has 84 valence electrons. The second-order valence-electron chi connectivity index (χ2n) is 5.15. The molecule has 1 aliphatic carbocycles. The zero-order valence-corrected chi connectivity index (χ0v) is 9.37. The van der Waals surface area contributed by atoms with E-state index in [0.717, 1.165) is 12.8 Å². The molecule has 1 nitrogen and oxygen atoms in total. The van der Waals surface area contributed by atoms with Gasteiger partial charge in [-0.15, -0.1) is 0 Å². The van der Waals surface area contributed by atoms with Crippen LogP contribution in [0.5, 0.6) is 0 Å². The van der Waals surface area contributed by atoms with E-state index < -0.39 is 12.0 Å². The average molecular weight is 205 g/mol. The molecule has 0 aromatic carbocycles. The maximum Gasteiger partial charge on any atom is 0.256 e. The Morgan fingerprint density at radius 2 is 1.64 bits per heavy atom. The van der Waals surface area contributed by atoms with Gasteiger partial charge >= 0.3 is 0 Å². The van der Waals surface area contributed by atoms with E-state index in [1.54, 1.807) is 0 Å². The number of hydrogen-bond donors (Lipinski definition) is 1. The van der Waals surface area contributed by atoms with Gasteiger partial charge in [0.25, 0.3) is 6.43 Å². The maximum atomic E-state index is 13.0. The van der Waals surface area contributed by atoms with Crippen LogP contribution in [0.15, 0.2) is 0 Å². The Balaban J connectivity index is 2.64.